The molecular weight excluding hydrogens is 248 g/mol. The zero-order valence-electron chi connectivity index (χ0n) is 7.21. The second kappa shape index (κ2) is 3.76. The zero-order valence-corrected chi connectivity index (χ0v) is 9.61. The Kier molecular flexibility index (Phi) is 2.65. The average Bonchev–Trinajstić information content (AvgIpc) is 2.49. The third-order valence-electron chi connectivity index (χ3n) is 1.92. The quantitative estimate of drug-likeness (QED) is 0.804. The van der Waals surface area contributed by atoms with Gasteiger partial charge in [-0.3, -0.25) is 0 Å². The minimum atomic E-state index is 0.957. The van der Waals surface area contributed by atoms with E-state index in [9.17, 15) is 0 Å². The zero-order chi connectivity index (χ0) is 9.26. The Morgan fingerprint density at radius 1 is 1.46 bits per heavy atom. The van der Waals surface area contributed by atoms with Crippen LogP contribution in [0.3, 0.4) is 0 Å². The summed E-state index contributed by atoms with van der Waals surface area (Å²) in [5.41, 5.74) is 2.23. The van der Waals surface area contributed by atoms with Gasteiger partial charge in [-0.15, -0.1) is 0 Å². The summed E-state index contributed by atoms with van der Waals surface area (Å²) in [6, 6.07) is 6.13. The first kappa shape index (κ1) is 9.16. The fourth-order valence-corrected chi connectivity index (χ4v) is 2.20. The summed E-state index contributed by atoms with van der Waals surface area (Å²) in [5, 5.41) is 1.22. The van der Waals surface area contributed by atoms with Gasteiger partial charge in [0.1, 0.15) is 5.58 Å². The molecular formula is C10H9BrOS. The lowest BCUT2D eigenvalue weighted by Crippen LogP contribution is -1.74. The first-order chi connectivity index (χ1) is 6.31. The fraction of sp³-hybridized carbons (Fsp3) is 0.200. The van der Waals surface area contributed by atoms with Gasteiger partial charge in [0.25, 0.3) is 0 Å². The van der Waals surface area contributed by atoms with Crippen LogP contribution in [0.15, 0.2) is 33.4 Å². The van der Waals surface area contributed by atoms with Crippen molar-refractivity contribution in [2.75, 3.05) is 6.26 Å². The molecule has 0 aliphatic rings. The molecule has 1 nitrogen and oxygen atoms in total. The van der Waals surface area contributed by atoms with Crippen LogP contribution in [0.4, 0.5) is 0 Å². The van der Waals surface area contributed by atoms with E-state index < -0.39 is 0 Å². The number of benzene rings is 1. The maximum atomic E-state index is 5.44. The molecule has 1 heterocycles. The normalized spacial score (nSPS) is 10.9. The molecule has 0 radical (unpaired) electrons. The predicted octanol–water partition coefficient (Wildman–Crippen LogP) is 4.06. The van der Waals surface area contributed by atoms with E-state index in [1.165, 1.54) is 10.9 Å². The molecule has 2 rings (SSSR count). The van der Waals surface area contributed by atoms with E-state index >= 15 is 0 Å². The molecule has 0 N–H and O–H groups in total. The summed E-state index contributed by atoms with van der Waals surface area (Å²) in [4.78, 5) is 0. The molecule has 0 aliphatic heterocycles. The van der Waals surface area contributed by atoms with E-state index in [0.29, 0.717) is 0 Å². The Bertz CT molecular complexity index is 422. The van der Waals surface area contributed by atoms with Crippen LogP contribution in [0.25, 0.3) is 11.0 Å². The van der Waals surface area contributed by atoms with Gasteiger partial charge in [-0.25, -0.2) is 0 Å². The smallest absolute Gasteiger partial charge is 0.135 e. The van der Waals surface area contributed by atoms with Gasteiger partial charge in [-0.05, 0) is 24.5 Å². The van der Waals surface area contributed by atoms with E-state index in [1.54, 1.807) is 11.8 Å². The summed E-state index contributed by atoms with van der Waals surface area (Å²) in [7, 11) is 0. The molecule has 13 heavy (non-hydrogen) atoms. The lowest BCUT2D eigenvalue weighted by molar-refractivity contribution is 0.612. The van der Waals surface area contributed by atoms with Crippen molar-refractivity contribution in [2.45, 2.75) is 5.75 Å². The minimum Gasteiger partial charge on any atom is -0.464 e. The standard InChI is InChI=1S/C10H9BrOS/c1-13-6-7-5-12-10-4-8(11)2-3-9(7)10/h2-5H,6H2,1H3. The molecule has 0 atom stereocenters. The van der Waals surface area contributed by atoms with E-state index in [0.717, 1.165) is 15.8 Å². The van der Waals surface area contributed by atoms with Crippen LogP contribution >= 0.6 is 27.7 Å². The number of furan rings is 1. The number of thioether (sulfide) groups is 1. The first-order valence-electron chi connectivity index (χ1n) is 3.96. The van der Waals surface area contributed by atoms with Gasteiger partial charge in [0.2, 0.25) is 0 Å². The molecule has 0 aliphatic carbocycles. The van der Waals surface area contributed by atoms with Crippen molar-refractivity contribution in [1.82, 2.24) is 0 Å². The van der Waals surface area contributed by atoms with Crippen molar-refractivity contribution >= 4 is 38.7 Å². The van der Waals surface area contributed by atoms with Gasteiger partial charge in [0, 0.05) is 21.2 Å². The Labute approximate surface area is 89.6 Å². The van der Waals surface area contributed by atoms with E-state index in [1.807, 2.05) is 18.4 Å². The third kappa shape index (κ3) is 1.76. The van der Waals surface area contributed by atoms with E-state index in [2.05, 4.69) is 28.3 Å². The number of hydrogen-bond donors (Lipinski definition) is 0. The lowest BCUT2D eigenvalue weighted by Gasteiger charge is -1.93. The SMILES string of the molecule is CSCc1coc2cc(Br)ccc12. The molecule has 0 saturated carbocycles. The summed E-state index contributed by atoms with van der Waals surface area (Å²) in [6.45, 7) is 0. The molecule has 0 unspecified atom stereocenters. The second-order valence-corrected chi connectivity index (χ2v) is 4.62. The predicted molar refractivity (Wildman–Crippen MR) is 61.1 cm³/mol. The number of fused-ring (bicyclic) bond motifs is 1. The number of halogens is 1. The van der Waals surface area contributed by atoms with Gasteiger partial charge in [0.15, 0.2) is 0 Å². The molecule has 3 heteroatoms. The van der Waals surface area contributed by atoms with Crippen LogP contribution in [-0.4, -0.2) is 6.26 Å². The molecule has 2 aromatic rings. The molecule has 68 valence electrons. The van der Waals surface area contributed by atoms with Crippen molar-refractivity contribution in [3.05, 3.63) is 34.5 Å². The van der Waals surface area contributed by atoms with Gasteiger partial charge >= 0.3 is 0 Å². The molecule has 0 bridgehead atoms. The van der Waals surface area contributed by atoms with Crippen LogP contribution in [0.2, 0.25) is 0 Å². The number of hydrogen-bond acceptors (Lipinski definition) is 2. The minimum absolute atomic E-state index is 0.957. The third-order valence-corrected chi connectivity index (χ3v) is 3.01. The largest absolute Gasteiger partial charge is 0.464 e. The fourth-order valence-electron chi connectivity index (χ4n) is 1.32. The number of rotatable bonds is 2. The summed E-state index contributed by atoms with van der Waals surface area (Å²) in [5.74, 6) is 1.01. The molecule has 0 amide bonds. The summed E-state index contributed by atoms with van der Waals surface area (Å²) in [6.07, 6.45) is 3.94. The van der Waals surface area contributed by atoms with Crippen LogP contribution in [-0.2, 0) is 5.75 Å². The highest BCUT2D eigenvalue weighted by Gasteiger charge is 2.04. The average molecular weight is 257 g/mol. The topological polar surface area (TPSA) is 13.1 Å². The monoisotopic (exact) mass is 256 g/mol. The van der Waals surface area contributed by atoms with Crippen LogP contribution in [0.5, 0.6) is 0 Å². The van der Waals surface area contributed by atoms with Crippen molar-refractivity contribution in [3.8, 4) is 0 Å². The maximum absolute atomic E-state index is 5.44. The summed E-state index contributed by atoms with van der Waals surface area (Å²) >= 11 is 5.22. The Morgan fingerprint density at radius 2 is 2.31 bits per heavy atom. The summed E-state index contributed by atoms with van der Waals surface area (Å²) < 4.78 is 6.50. The van der Waals surface area contributed by atoms with Gasteiger partial charge in [-0.2, -0.15) is 11.8 Å². The maximum Gasteiger partial charge on any atom is 0.135 e. The molecule has 0 fully saturated rings. The highest BCUT2D eigenvalue weighted by molar-refractivity contribution is 9.10. The second-order valence-electron chi connectivity index (χ2n) is 2.83. The molecule has 1 aromatic heterocycles. The highest BCUT2D eigenvalue weighted by Crippen LogP contribution is 2.26. The van der Waals surface area contributed by atoms with Crippen LogP contribution < -0.4 is 0 Å². The van der Waals surface area contributed by atoms with Crippen LogP contribution in [0.1, 0.15) is 5.56 Å². The van der Waals surface area contributed by atoms with Crippen molar-refractivity contribution in [2.24, 2.45) is 0 Å². The van der Waals surface area contributed by atoms with Gasteiger partial charge < -0.3 is 4.42 Å². The van der Waals surface area contributed by atoms with Crippen molar-refractivity contribution in [1.29, 1.82) is 0 Å². The molecule has 0 spiro atoms. The Balaban J connectivity index is 2.55. The van der Waals surface area contributed by atoms with E-state index in [-0.39, 0.29) is 0 Å². The van der Waals surface area contributed by atoms with Crippen LogP contribution in [0, 0.1) is 0 Å². The van der Waals surface area contributed by atoms with Crippen molar-refractivity contribution < 1.29 is 4.42 Å². The Hall–Kier alpha value is -0.410. The van der Waals surface area contributed by atoms with E-state index in [4.69, 9.17) is 4.42 Å². The molecule has 0 saturated heterocycles. The first-order valence-corrected chi connectivity index (χ1v) is 6.14. The highest BCUT2D eigenvalue weighted by atomic mass is 79.9. The van der Waals surface area contributed by atoms with Gasteiger partial charge in [0.05, 0.1) is 6.26 Å². The Morgan fingerprint density at radius 3 is 3.08 bits per heavy atom. The lowest BCUT2D eigenvalue weighted by atomic mass is 10.2. The van der Waals surface area contributed by atoms with Crippen molar-refractivity contribution in [3.63, 3.8) is 0 Å². The molecule has 1 aromatic carbocycles. The van der Waals surface area contributed by atoms with Gasteiger partial charge in [-0.1, -0.05) is 15.9 Å².